The molecule has 1 aliphatic carbocycles. The second kappa shape index (κ2) is 7.66. The Kier molecular flexibility index (Phi) is 5.23. The van der Waals surface area contributed by atoms with Crippen LogP contribution in [0.15, 0.2) is 0 Å². The van der Waals surface area contributed by atoms with E-state index < -0.39 is 0 Å². The van der Waals surface area contributed by atoms with Gasteiger partial charge in [-0.1, -0.05) is 0 Å². The first-order chi connectivity index (χ1) is 13.5. The lowest BCUT2D eigenvalue weighted by Crippen LogP contribution is -2.55. The molecule has 1 aromatic heterocycles. The number of nitrogens with zero attached hydrogens (tertiary/aromatic N) is 4. The first kappa shape index (κ1) is 19.1. The van der Waals surface area contributed by atoms with E-state index in [-0.39, 0.29) is 29.8 Å². The highest BCUT2D eigenvalue weighted by Crippen LogP contribution is 2.39. The molecule has 2 fully saturated rings. The van der Waals surface area contributed by atoms with Gasteiger partial charge in [0.15, 0.2) is 0 Å². The van der Waals surface area contributed by atoms with Gasteiger partial charge in [0, 0.05) is 49.3 Å². The minimum atomic E-state index is -0.0877. The Morgan fingerprint density at radius 3 is 2.75 bits per heavy atom. The van der Waals surface area contributed by atoms with Crippen molar-refractivity contribution in [3.8, 4) is 0 Å². The minimum absolute atomic E-state index is 0.0309. The lowest BCUT2D eigenvalue weighted by Gasteiger charge is -2.48. The van der Waals surface area contributed by atoms with Crippen LogP contribution in [0.1, 0.15) is 60.3 Å². The average molecular weight is 387 g/mol. The van der Waals surface area contributed by atoms with Crippen molar-refractivity contribution in [2.24, 2.45) is 5.41 Å². The minimum Gasteiger partial charge on any atom is -0.395 e. The summed E-state index contributed by atoms with van der Waals surface area (Å²) in [6, 6.07) is 0. The van der Waals surface area contributed by atoms with E-state index in [1.165, 1.54) is 0 Å². The summed E-state index contributed by atoms with van der Waals surface area (Å²) in [7, 11) is 0. The first-order valence-corrected chi connectivity index (χ1v) is 10.3. The number of aryl methyl sites for hydroxylation is 1. The number of nitrogen functional groups attached to an aromatic ring is 1. The molecule has 0 aromatic carbocycles. The number of hydrogen-bond donors (Lipinski definition) is 2. The van der Waals surface area contributed by atoms with E-state index >= 15 is 0 Å². The van der Waals surface area contributed by atoms with Crippen molar-refractivity contribution in [3.05, 3.63) is 17.0 Å². The van der Waals surface area contributed by atoms with Gasteiger partial charge in [-0.15, -0.1) is 0 Å². The number of rotatable bonds is 3. The fourth-order valence-electron chi connectivity index (χ4n) is 5.08. The first-order valence-electron chi connectivity index (χ1n) is 10.3. The van der Waals surface area contributed by atoms with Crippen molar-refractivity contribution in [1.29, 1.82) is 0 Å². The molecule has 0 saturated carbocycles. The number of carbonyl (C=O) groups excluding carboxylic acids is 2. The summed E-state index contributed by atoms with van der Waals surface area (Å²) in [6.07, 6.45) is 6.98. The number of likely N-dealkylation sites (tertiary alicyclic amines) is 2. The highest BCUT2D eigenvalue weighted by atomic mass is 16.3. The Balaban J connectivity index is 1.56. The molecule has 3 aliphatic rings. The molecule has 3 N–H and O–H groups in total. The Morgan fingerprint density at radius 2 is 1.93 bits per heavy atom. The van der Waals surface area contributed by atoms with Crippen molar-refractivity contribution in [2.75, 3.05) is 38.5 Å². The van der Waals surface area contributed by atoms with Crippen LogP contribution in [0.2, 0.25) is 0 Å². The molecule has 2 saturated heterocycles. The number of carbonyl (C=O) groups is 2. The van der Waals surface area contributed by atoms with E-state index in [0.717, 1.165) is 56.2 Å². The summed E-state index contributed by atoms with van der Waals surface area (Å²) in [5, 5.41) is 9.27. The summed E-state index contributed by atoms with van der Waals surface area (Å²) in [5.41, 5.74) is 8.16. The number of aliphatic hydroxyl groups excluding tert-OH is 1. The zero-order valence-electron chi connectivity index (χ0n) is 16.3. The van der Waals surface area contributed by atoms with Crippen molar-refractivity contribution < 1.29 is 14.7 Å². The van der Waals surface area contributed by atoms with E-state index in [2.05, 4.69) is 9.97 Å². The molecule has 0 bridgehead atoms. The van der Waals surface area contributed by atoms with Crippen molar-refractivity contribution in [3.63, 3.8) is 0 Å². The molecule has 28 heavy (non-hydrogen) atoms. The van der Waals surface area contributed by atoms with Gasteiger partial charge >= 0.3 is 0 Å². The maximum absolute atomic E-state index is 13.4. The smallest absolute Gasteiger partial charge is 0.272 e. The highest BCUT2D eigenvalue weighted by Gasteiger charge is 2.43. The third-order valence-corrected chi connectivity index (χ3v) is 6.47. The Hall–Kier alpha value is -2.22. The molecule has 8 nitrogen and oxygen atoms in total. The predicted molar refractivity (Wildman–Crippen MR) is 104 cm³/mol. The predicted octanol–water partition coefficient (Wildman–Crippen LogP) is 0.775. The quantitative estimate of drug-likeness (QED) is 0.792. The molecule has 2 aliphatic heterocycles. The van der Waals surface area contributed by atoms with Crippen molar-refractivity contribution >= 4 is 17.8 Å². The molecule has 152 valence electrons. The molecule has 2 amide bonds. The number of piperidine rings is 2. The number of aromatic nitrogens is 2. The van der Waals surface area contributed by atoms with Crippen LogP contribution in [-0.2, 0) is 17.6 Å². The number of aliphatic hydroxyl groups is 1. The van der Waals surface area contributed by atoms with Gasteiger partial charge in [-0.05, 0) is 44.9 Å². The van der Waals surface area contributed by atoms with Crippen LogP contribution in [0, 0.1) is 5.41 Å². The maximum atomic E-state index is 13.4. The largest absolute Gasteiger partial charge is 0.395 e. The fraction of sp³-hybridized carbons (Fsp3) is 0.700. The molecule has 1 atom stereocenters. The van der Waals surface area contributed by atoms with Gasteiger partial charge in [0.1, 0.15) is 5.69 Å². The van der Waals surface area contributed by atoms with E-state index in [1.54, 1.807) is 4.90 Å². The van der Waals surface area contributed by atoms with Crippen molar-refractivity contribution in [1.82, 2.24) is 19.8 Å². The van der Waals surface area contributed by atoms with Crippen LogP contribution < -0.4 is 5.73 Å². The number of nitrogens with two attached hydrogens (primary N) is 1. The Morgan fingerprint density at radius 1 is 1.11 bits per heavy atom. The summed E-state index contributed by atoms with van der Waals surface area (Å²) in [6.45, 7) is 2.27. The average Bonchev–Trinajstić information content (AvgIpc) is 2.70. The van der Waals surface area contributed by atoms with Gasteiger partial charge in [0.25, 0.3) is 5.91 Å². The van der Waals surface area contributed by atoms with Crippen LogP contribution in [0.3, 0.4) is 0 Å². The molecular formula is C20H29N5O3. The third-order valence-electron chi connectivity index (χ3n) is 6.47. The maximum Gasteiger partial charge on any atom is 0.272 e. The van der Waals surface area contributed by atoms with Crippen LogP contribution in [0.5, 0.6) is 0 Å². The SMILES string of the molecule is Nc1nc2c(c(C(=O)N3CCCC4(CCC(=O)N(CCO)C4)C3)n1)CCCC2. The third kappa shape index (κ3) is 3.57. The van der Waals surface area contributed by atoms with E-state index in [1.807, 2.05) is 4.90 Å². The summed E-state index contributed by atoms with van der Waals surface area (Å²) < 4.78 is 0. The van der Waals surface area contributed by atoms with E-state index in [4.69, 9.17) is 5.73 Å². The molecule has 3 heterocycles. The molecule has 1 aromatic rings. The summed E-state index contributed by atoms with van der Waals surface area (Å²) in [4.78, 5) is 37.9. The fourth-order valence-corrected chi connectivity index (χ4v) is 5.08. The Bertz CT molecular complexity index is 783. The van der Waals surface area contributed by atoms with E-state index in [9.17, 15) is 14.7 Å². The second-order valence-electron chi connectivity index (χ2n) is 8.43. The number of fused-ring (bicyclic) bond motifs is 1. The number of hydrogen-bond acceptors (Lipinski definition) is 6. The Labute approximate surface area is 165 Å². The number of anilines is 1. The summed E-state index contributed by atoms with van der Waals surface area (Å²) >= 11 is 0. The molecule has 1 unspecified atom stereocenters. The lowest BCUT2D eigenvalue weighted by molar-refractivity contribution is -0.139. The van der Waals surface area contributed by atoms with Gasteiger partial charge in [0.2, 0.25) is 11.9 Å². The van der Waals surface area contributed by atoms with Crippen molar-refractivity contribution in [2.45, 2.75) is 51.4 Å². The molecule has 1 spiro atoms. The zero-order valence-corrected chi connectivity index (χ0v) is 16.3. The van der Waals surface area contributed by atoms with Gasteiger partial charge in [-0.3, -0.25) is 9.59 Å². The van der Waals surface area contributed by atoms with Crippen LogP contribution in [0.25, 0.3) is 0 Å². The monoisotopic (exact) mass is 387 g/mol. The van der Waals surface area contributed by atoms with Gasteiger partial charge in [0.05, 0.1) is 6.61 Å². The number of amides is 2. The van der Waals surface area contributed by atoms with E-state index in [0.29, 0.717) is 38.3 Å². The second-order valence-corrected chi connectivity index (χ2v) is 8.43. The molecule has 0 radical (unpaired) electrons. The van der Waals surface area contributed by atoms with Crippen LogP contribution >= 0.6 is 0 Å². The lowest BCUT2D eigenvalue weighted by atomic mass is 9.73. The molecule has 8 heteroatoms. The molecular weight excluding hydrogens is 358 g/mol. The zero-order chi connectivity index (χ0) is 19.7. The van der Waals surface area contributed by atoms with Gasteiger partial charge < -0.3 is 20.6 Å². The highest BCUT2D eigenvalue weighted by molar-refractivity contribution is 5.94. The number of β-amino-alcohol motifs (C(OH)–C–C–N with tert-alkyl or cyclic N) is 1. The topological polar surface area (TPSA) is 113 Å². The van der Waals surface area contributed by atoms with Gasteiger partial charge in [-0.2, -0.15) is 0 Å². The van der Waals surface area contributed by atoms with Gasteiger partial charge in [-0.25, -0.2) is 9.97 Å². The molecule has 4 rings (SSSR count). The normalized spacial score (nSPS) is 25.1. The van der Waals surface area contributed by atoms with Crippen LogP contribution in [0.4, 0.5) is 5.95 Å². The van der Waals surface area contributed by atoms with Crippen LogP contribution in [-0.4, -0.2) is 69.5 Å². The standard InChI is InChI=1S/C20H29N5O3/c21-19-22-15-5-2-1-4-14(15)17(23-19)18(28)25-9-3-7-20(13-25)8-6-16(27)24(12-20)10-11-26/h26H,1-13H2,(H2,21,22,23). The summed E-state index contributed by atoms with van der Waals surface area (Å²) in [5.74, 6) is 0.214.